The van der Waals surface area contributed by atoms with Crippen LogP contribution >= 0.6 is 0 Å². The van der Waals surface area contributed by atoms with Gasteiger partial charge in [-0.3, -0.25) is 19.3 Å². The number of nitrogens with zero attached hydrogens (tertiary/aromatic N) is 1. The van der Waals surface area contributed by atoms with Crippen LogP contribution in [-0.2, 0) is 0 Å². The molecular formula is C18H15NO4. The van der Waals surface area contributed by atoms with Gasteiger partial charge >= 0.3 is 0 Å². The predicted octanol–water partition coefficient (Wildman–Crippen LogP) is 2.86. The second-order valence-corrected chi connectivity index (χ2v) is 5.32. The van der Waals surface area contributed by atoms with E-state index in [1.807, 2.05) is 0 Å². The molecule has 3 rings (SSSR count). The molecule has 1 heterocycles. The molecule has 5 nitrogen and oxygen atoms in total. The minimum atomic E-state index is -0.480. The number of benzene rings is 2. The van der Waals surface area contributed by atoms with E-state index >= 15 is 0 Å². The maximum absolute atomic E-state index is 12.5. The monoisotopic (exact) mass is 309 g/mol. The van der Waals surface area contributed by atoms with Gasteiger partial charge in [-0.25, -0.2) is 0 Å². The fraction of sp³-hybridized carbons (Fsp3) is 0.167. The third-order valence-corrected chi connectivity index (χ3v) is 4.08. The summed E-state index contributed by atoms with van der Waals surface area (Å²) in [5.41, 5.74) is 1.90. The highest BCUT2D eigenvalue weighted by Crippen LogP contribution is 2.32. The average molecular weight is 309 g/mol. The summed E-state index contributed by atoms with van der Waals surface area (Å²) in [7, 11) is 1.48. The molecule has 1 aliphatic heterocycles. The molecule has 1 aliphatic rings. The van der Waals surface area contributed by atoms with Crippen molar-refractivity contribution in [2.75, 3.05) is 7.11 Å². The Morgan fingerprint density at radius 2 is 1.65 bits per heavy atom. The Labute approximate surface area is 133 Å². The smallest absolute Gasteiger partial charge is 0.262 e. The Hall–Kier alpha value is -2.95. The Balaban J connectivity index is 1.99. The minimum Gasteiger partial charge on any atom is -0.496 e. The van der Waals surface area contributed by atoms with Gasteiger partial charge < -0.3 is 4.74 Å². The van der Waals surface area contributed by atoms with Crippen LogP contribution in [0.5, 0.6) is 5.75 Å². The lowest BCUT2D eigenvalue weighted by Gasteiger charge is -2.23. The Bertz CT molecular complexity index is 777. The van der Waals surface area contributed by atoms with Gasteiger partial charge in [-0.2, -0.15) is 0 Å². The molecule has 0 fully saturated rings. The standard InChI is InChI=1S/C18H15NO4/c1-11(12-7-8-16(23-2)13(9-12)10-20)19-17(21)14-5-3-4-6-15(14)18(19)22/h3-11H,1-2H3/t11-/m0/s1. The van der Waals surface area contributed by atoms with E-state index in [1.54, 1.807) is 49.4 Å². The number of hydrogen-bond donors (Lipinski definition) is 0. The molecule has 0 saturated carbocycles. The first kappa shape index (κ1) is 15.0. The molecule has 0 N–H and O–H groups in total. The number of methoxy groups -OCH3 is 1. The number of hydrogen-bond acceptors (Lipinski definition) is 4. The summed E-state index contributed by atoms with van der Waals surface area (Å²) in [4.78, 5) is 37.4. The summed E-state index contributed by atoms with van der Waals surface area (Å²) in [5.74, 6) is -0.179. The molecule has 116 valence electrons. The number of amides is 2. The maximum Gasteiger partial charge on any atom is 0.262 e. The van der Waals surface area contributed by atoms with Crippen molar-refractivity contribution >= 4 is 18.1 Å². The average Bonchev–Trinajstić information content (AvgIpc) is 2.85. The molecule has 0 spiro atoms. The fourth-order valence-electron chi connectivity index (χ4n) is 2.81. The van der Waals surface area contributed by atoms with Gasteiger partial charge in [-0.15, -0.1) is 0 Å². The van der Waals surface area contributed by atoms with Gasteiger partial charge in [0.2, 0.25) is 0 Å². The largest absolute Gasteiger partial charge is 0.496 e. The van der Waals surface area contributed by atoms with Crippen LogP contribution in [0.15, 0.2) is 42.5 Å². The van der Waals surface area contributed by atoms with Crippen molar-refractivity contribution in [1.29, 1.82) is 0 Å². The van der Waals surface area contributed by atoms with Crippen LogP contribution in [0.3, 0.4) is 0 Å². The number of carbonyl (C=O) groups excluding carboxylic acids is 3. The molecule has 2 aromatic carbocycles. The summed E-state index contributed by atoms with van der Waals surface area (Å²) in [5, 5.41) is 0. The van der Waals surface area contributed by atoms with Gasteiger partial charge in [0.1, 0.15) is 5.75 Å². The summed E-state index contributed by atoms with van der Waals surface area (Å²) in [6.45, 7) is 1.76. The van der Waals surface area contributed by atoms with E-state index in [2.05, 4.69) is 0 Å². The fourth-order valence-corrected chi connectivity index (χ4v) is 2.81. The Morgan fingerprint density at radius 1 is 1.04 bits per heavy atom. The lowest BCUT2D eigenvalue weighted by atomic mass is 10.0. The van der Waals surface area contributed by atoms with Crippen molar-refractivity contribution < 1.29 is 19.1 Å². The van der Waals surface area contributed by atoms with Gasteiger partial charge in [0, 0.05) is 0 Å². The van der Waals surface area contributed by atoms with E-state index in [1.165, 1.54) is 12.0 Å². The minimum absolute atomic E-state index is 0.318. The number of ether oxygens (including phenoxy) is 1. The lowest BCUT2D eigenvalue weighted by molar-refractivity contribution is 0.0595. The number of imide groups is 1. The quantitative estimate of drug-likeness (QED) is 0.643. The molecule has 0 unspecified atom stereocenters. The van der Waals surface area contributed by atoms with E-state index in [9.17, 15) is 14.4 Å². The number of rotatable bonds is 4. The van der Waals surface area contributed by atoms with Crippen molar-refractivity contribution in [1.82, 2.24) is 4.90 Å². The topological polar surface area (TPSA) is 63.7 Å². The predicted molar refractivity (Wildman–Crippen MR) is 83.7 cm³/mol. The lowest BCUT2D eigenvalue weighted by Crippen LogP contribution is -2.32. The van der Waals surface area contributed by atoms with Crippen LogP contribution in [-0.4, -0.2) is 30.1 Å². The first-order valence-corrected chi connectivity index (χ1v) is 7.18. The number of carbonyl (C=O) groups is 3. The molecular weight excluding hydrogens is 294 g/mol. The second-order valence-electron chi connectivity index (χ2n) is 5.32. The van der Waals surface area contributed by atoms with Crippen LogP contribution < -0.4 is 4.74 Å². The molecule has 0 aromatic heterocycles. The molecule has 2 aromatic rings. The highest BCUT2D eigenvalue weighted by atomic mass is 16.5. The number of aldehydes is 1. The zero-order valence-electron chi connectivity index (χ0n) is 12.8. The van der Waals surface area contributed by atoms with Crippen molar-refractivity contribution in [2.24, 2.45) is 0 Å². The third-order valence-electron chi connectivity index (χ3n) is 4.08. The van der Waals surface area contributed by atoms with Crippen LogP contribution in [0.2, 0.25) is 0 Å². The van der Waals surface area contributed by atoms with Crippen LogP contribution in [0.1, 0.15) is 49.6 Å². The Kier molecular flexibility index (Phi) is 3.70. The first-order chi connectivity index (χ1) is 11.1. The van der Waals surface area contributed by atoms with Crippen LogP contribution in [0.25, 0.3) is 0 Å². The van der Waals surface area contributed by atoms with Crippen LogP contribution in [0.4, 0.5) is 0 Å². The SMILES string of the molecule is COc1ccc([C@H](C)N2C(=O)c3ccccc3C2=O)cc1C=O. The summed E-state index contributed by atoms with van der Waals surface area (Å²) in [6, 6.07) is 11.3. The molecule has 0 bridgehead atoms. The van der Waals surface area contributed by atoms with Gasteiger partial charge in [-0.05, 0) is 36.8 Å². The van der Waals surface area contributed by atoms with E-state index in [-0.39, 0.29) is 11.8 Å². The highest BCUT2D eigenvalue weighted by molar-refractivity contribution is 6.21. The normalized spacial score (nSPS) is 14.6. The zero-order valence-corrected chi connectivity index (χ0v) is 12.8. The first-order valence-electron chi connectivity index (χ1n) is 7.18. The summed E-state index contributed by atoms with van der Waals surface area (Å²) >= 11 is 0. The molecule has 0 saturated heterocycles. The van der Waals surface area contributed by atoms with Gasteiger partial charge in [0.25, 0.3) is 11.8 Å². The molecule has 5 heteroatoms. The van der Waals surface area contributed by atoms with Crippen molar-refractivity contribution in [3.05, 3.63) is 64.7 Å². The zero-order chi connectivity index (χ0) is 16.6. The summed E-state index contributed by atoms with van der Waals surface area (Å²) in [6.07, 6.45) is 0.692. The molecule has 0 aliphatic carbocycles. The maximum atomic E-state index is 12.5. The van der Waals surface area contributed by atoms with Crippen molar-refractivity contribution in [3.8, 4) is 5.75 Å². The number of fused-ring (bicyclic) bond motifs is 1. The highest BCUT2D eigenvalue weighted by Gasteiger charge is 2.38. The molecule has 2 amide bonds. The van der Waals surface area contributed by atoms with Crippen molar-refractivity contribution in [2.45, 2.75) is 13.0 Å². The Morgan fingerprint density at radius 3 is 2.17 bits per heavy atom. The molecule has 23 heavy (non-hydrogen) atoms. The van der Waals surface area contributed by atoms with Crippen molar-refractivity contribution in [3.63, 3.8) is 0 Å². The van der Waals surface area contributed by atoms with E-state index < -0.39 is 6.04 Å². The third kappa shape index (κ3) is 2.30. The van der Waals surface area contributed by atoms with Gasteiger partial charge in [-0.1, -0.05) is 18.2 Å². The molecule has 0 radical (unpaired) electrons. The van der Waals surface area contributed by atoms with E-state index in [0.717, 1.165) is 0 Å². The van der Waals surface area contributed by atoms with E-state index in [4.69, 9.17) is 4.74 Å². The van der Waals surface area contributed by atoms with Crippen LogP contribution in [0, 0.1) is 0 Å². The van der Waals surface area contributed by atoms with Gasteiger partial charge in [0.05, 0.1) is 29.8 Å². The summed E-state index contributed by atoms with van der Waals surface area (Å²) < 4.78 is 5.11. The molecule has 1 atom stereocenters. The van der Waals surface area contributed by atoms with Gasteiger partial charge in [0.15, 0.2) is 6.29 Å². The van der Waals surface area contributed by atoms with E-state index in [0.29, 0.717) is 34.3 Å². The second kappa shape index (κ2) is 5.68.